The Labute approximate surface area is 189 Å². The predicted molar refractivity (Wildman–Crippen MR) is 124 cm³/mol. The number of fused-ring (bicyclic) bond motifs is 2. The van der Waals surface area contributed by atoms with Crippen molar-refractivity contribution in [2.45, 2.75) is 56.7 Å². The first kappa shape index (κ1) is 22.5. The quantitative estimate of drug-likeness (QED) is 0.635. The SMILES string of the molecule is CNC(=O)CCc1ccc(-c2ccc(N(C)[C@H]3C[C@]4(C)COC[C@](C)(C3)N4)nn2)c(O)c1. The molecule has 2 aliphatic rings. The van der Waals surface area contributed by atoms with Crippen LogP contribution >= 0.6 is 0 Å². The fourth-order valence-corrected chi connectivity index (χ4v) is 5.08. The molecule has 8 nitrogen and oxygen atoms in total. The van der Waals surface area contributed by atoms with Crippen molar-refractivity contribution < 1.29 is 14.6 Å². The minimum atomic E-state index is -0.0388. The van der Waals surface area contributed by atoms with Crippen LogP contribution in [0.15, 0.2) is 30.3 Å². The molecule has 1 amide bonds. The van der Waals surface area contributed by atoms with Gasteiger partial charge >= 0.3 is 0 Å². The second-order valence-electron chi connectivity index (χ2n) is 9.71. The number of morpholine rings is 1. The van der Waals surface area contributed by atoms with Gasteiger partial charge in [-0.3, -0.25) is 4.79 Å². The first-order valence-electron chi connectivity index (χ1n) is 11.2. The summed E-state index contributed by atoms with van der Waals surface area (Å²) in [5, 5.41) is 25.7. The fourth-order valence-electron chi connectivity index (χ4n) is 5.08. The number of nitrogens with one attached hydrogen (secondary N) is 2. The summed E-state index contributed by atoms with van der Waals surface area (Å²) in [6.07, 6.45) is 2.90. The Morgan fingerprint density at radius 3 is 2.53 bits per heavy atom. The zero-order valence-electron chi connectivity index (χ0n) is 19.3. The Kier molecular flexibility index (Phi) is 6.09. The van der Waals surface area contributed by atoms with Gasteiger partial charge in [-0.1, -0.05) is 6.07 Å². The van der Waals surface area contributed by atoms with Crippen molar-refractivity contribution in [2.75, 3.05) is 32.2 Å². The highest BCUT2D eigenvalue weighted by Gasteiger charge is 2.47. The van der Waals surface area contributed by atoms with Crippen LogP contribution in [0, 0.1) is 0 Å². The molecule has 2 aromatic rings. The molecule has 3 N–H and O–H groups in total. The van der Waals surface area contributed by atoms with E-state index in [-0.39, 0.29) is 22.7 Å². The molecular weight excluding hydrogens is 406 g/mol. The minimum Gasteiger partial charge on any atom is -0.507 e. The lowest BCUT2D eigenvalue weighted by molar-refractivity contribution is -0.120. The van der Waals surface area contributed by atoms with E-state index < -0.39 is 0 Å². The summed E-state index contributed by atoms with van der Waals surface area (Å²) < 4.78 is 5.84. The topological polar surface area (TPSA) is 99.6 Å². The smallest absolute Gasteiger partial charge is 0.220 e. The van der Waals surface area contributed by atoms with Gasteiger partial charge in [-0.2, -0.15) is 0 Å². The molecular formula is C24H33N5O3. The number of phenolic OH excluding ortho intramolecular Hbond substituents is 1. The lowest BCUT2D eigenvalue weighted by Gasteiger charge is -2.54. The van der Waals surface area contributed by atoms with Gasteiger partial charge in [0.05, 0.1) is 18.9 Å². The third-order valence-corrected chi connectivity index (χ3v) is 6.63. The molecule has 0 saturated carbocycles. The lowest BCUT2D eigenvalue weighted by Crippen LogP contribution is -2.70. The number of hydrogen-bond acceptors (Lipinski definition) is 7. The zero-order chi connectivity index (χ0) is 22.9. The van der Waals surface area contributed by atoms with Gasteiger partial charge < -0.3 is 25.4 Å². The molecule has 32 heavy (non-hydrogen) atoms. The van der Waals surface area contributed by atoms with Crippen molar-refractivity contribution in [1.29, 1.82) is 0 Å². The summed E-state index contributed by atoms with van der Waals surface area (Å²) in [4.78, 5) is 13.7. The standard InChI is InChI=1S/C24H33N5O3/c1-23-12-17(13-24(2,28-23)15-32-14-23)29(4)21-9-8-19(26-27-21)18-7-5-16(11-20(18)30)6-10-22(31)25-3/h5,7-9,11,17,28,30H,6,10,12-15H2,1-4H3,(H,25,31)/t17-,23+,24-. The van der Waals surface area contributed by atoms with E-state index in [1.54, 1.807) is 13.1 Å². The first-order chi connectivity index (χ1) is 15.2. The number of rotatable bonds is 6. The molecule has 2 bridgehead atoms. The summed E-state index contributed by atoms with van der Waals surface area (Å²) in [6, 6.07) is 9.63. The molecule has 3 heterocycles. The van der Waals surface area contributed by atoms with Gasteiger partial charge in [-0.15, -0.1) is 10.2 Å². The van der Waals surface area contributed by atoms with Crippen LogP contribution in [-0.2, 0) is 16.0 Å². The molecule has 2 aliphatic heterocycles. The van der Waals surface area contributed by atoms with Crippen LogP contribution in [0.3, 0.4) is 0 Å². The molecule has 4 rings (SSSR count). The molecule has 1 aromatic heterocycles. The Morgan fingerprint density at radius 1 is 1.22 bits per heavy atom. The van der Waals surface area contributed by atoms with Gasteiger partial charge in [0.1, 0.15) is 5.75 Å². The maximum absolute atomic E-state index is 11.4. The van der Waals surface area contributed by atoms with Crippen LogP contribution in [0.5, 0.6) is 5.75 Å². The van der Waals surface area contributed by atoms with Gasteiger partial charge in [0.2, 0.25) is 5.91 Å². The number of aromatic hydroxyl groups is 1. The van der Waals surface area contributed by atoms with Gasteiger partial charge in [0, 0.05) is 43.2 Å². The predicted octanol–water partition coefficient (Wildman–Crippen LogP) is 2.26. The van der Waals surface area contributed by atoms with Crippen LogP contribution in [-0.4, -0.2) is 65.6 Å². The van der Waals surface area contributed by atoms with E-state index in [1.807, 2.05) is 24.3 Å². The second kappa shape index (κ2) is 8.67. The van der Waals surface area contributed by atoms with E-state index >= 15 is 0 Å². The number of aromatic nitrogens is 2. The van der Waals surface area contributed by atoms with E-state index in [2.05, 4.69) is 46.6 Å². The van der Waals surface area contributed by atoms with Crippen molar-refractivity contribution in [3.05, 3.63) is 35.9 Å². The maximum Gasteiger partial charge on any atom is 0.220 e. The number of carbonyl (C=O) groups excluding carboxylic acids is 1. The fraction of sp³-hybridized carbons (Fsp3) is 0.542. The van der Waals surface area contributed by atoms with Crippen LogP contribution in [0.4, 0.5) is 5.82 Å². The average Bonchev–Trinajstić information content (AvgIpc) is 2.75. The van der Waals surface area contributed by atoms with Gasteiger partial charge in [-0.05, 0) is 62.9 Å². The molecule has 172 valence electrons. The number of piperidine rings is 1. The second-order valence-corrected chi connectivity index (χ2v) is 9.71. The zero-order valence-corrected chi connectivity index (χ0v) is 19.3. The van der Waals surface area contributed by atoms with Crippen LogP contribution in [0.25, 0.3) is 11.3 Å². The van der Waals surface area contributed by atoms with E-state index in [1.165, 1.54) is 0 Å². The number of amides is 1. The number of nitrogens with zero attached hydrogens (tertiary/aromatic N) is 3. The van der Waals surface area contributed by atoms with E-state index in [0.29, 0.717) is 30.1 Å². The Balaban J connectivity index is 1.47. The van der Waals surface area contributed by atoms with Crippen molar-refractivity contribution in [2.24, 2.45) is 0 Å². The van der Waals surface area contributed by atoms with E-state index in [9.17, 15) is 9.90 Å². The molecule has 3 atom stereocenters. The largest absolute Gasteiger partial charge is 0.507 e. The molecule has 2 fully saturated rings. The number of carbonyl (C=O) groups is 1. The third-order valence-electron chi connectivity index (χ3n) is 6.63. The number of hydrogen-bond donors (Lipinski definition) is 3. The summed E-state index contributed by atoms with van der Waals surface area (Å²) in [6.45, 7) is 5.88. The monoisotopic (exact) mass is 439 g/mol. The molecule has 2 saturated heterocycles. The van der Waals surface area contributed by atoms with Crippen molar-refractivity contribution in [1.82, 2.24) is 20.8 Å². The Hall–Kier alpha value is -2.71. The van der Waals surface area contributed by atoms with E-state index in [0.717, 1.165) is 37.4 Å². The van der Waals surface area contributed by atoms with Crippen molar-refractivity contribution >= 4 is 11.7 Å². The number of aryl methyl sites for hydroxylation is 1. The summed E-state index contributed by atoms with van der Waals surface area (Å²) in [5.41, 5.74) is 2.07. The average molecular weight is 440 g/mol. The normalized spacial score (nSPS) is 27.1. The summed E-state index contributed by atoms with van der Waals surface area (Å²) in [5.74, 6) is 0.933. The molecule has 0 aliphatic carbocycles. The van der Waals surface area contributed by atoms with Crippen LogP contribution in [0.1, 0.15) is 38.7 Å². The van der Waals surface area contributed by atoms with Crippen molar-refractivity contribution in [3.63, 3.8) is 0 Å². The van der Waals surface area contributed by atoms with E-state index in [4.69, 9.17) is 4.74 Å². The third kappa shape index (κ3) is 4.71. The minimum absolute atomic E-state index is 0.0213. The van der Waals surface area contributed by atoms with Crippen LogP contribution in [0.2, 0.25) is 0 Å². The lowest BCUT2D eigenvalue weighted by atomic mass is 9.76. The maximum atomic E-state index is 11.4. The molecule has 0 spiro atoms. The summed E-state index contributed by atoms with van der Waals surface area (Å²) in [7, 11) is 3.69. The van der Waals surface area contributed by atoms with Crippen LogP contribution < -0.4 is 15.5 Å². The number of phenols is 1. The van der Waals surface area contributed by atoms with Gasteiger partial charge in [0.15, 0.2) is 5.82 Å². The Bertz CT molecular complexity index is 964. The number of anilines is 1. The number of benzene rings is 1. The molecule has 0 unspecified atom stereocenters. The molecule has 8 heteroatoms. The van der Waals surface area contributed by atoms with Crippen molar-refractivity contribution in [3.8, 4) is 17.0 Å². The highest BCUT2D eigenvalue weighted by Crippen LogP contribution is 2.36. The first-order valence-corrected chi connectivity index (χ1v) is 11.2. The highest BCUT2D eigenvalue weighted by molar-refractivity contribution is 5.76. The highest BCUT2D eigenvalue weighted by atomic mass is 16.5. The Morgan fingerprint density at radius 2 is 1.94 bits per heavy atom. The number of ether oxygens (including phenoxy) is 1. The molecule has 1 aromatic carbocycles. The van der Waals surface area contributed by atoms with Gasteiger partial charge in [-0.25, -0.2) is 0 Å². The summed E-state index contributed by atoms with van der Waals surface area (Å²) >= 11 is 0. The van der Waals surface area contributed by atoms with Gasteiger partial charge in [0.25, 0.3) is 0 Å². The molecule has 0 radical (unpaired) electrons.